The van der Waals surface area contributed by atoms with Crippen molar-refractivity contribution in [3.8, 4) is 11.1 Å². The van der Waals surface area contributed by atoms with Crippen LogP contribution in [0.2, 0.25) is 0 Å². The second-order valence-electron chi connectivity index (χ2n) is 6.95. The first-order valence-corrected chi connectivity index (χ1v) is 10.2. The smallest absolute Gasteiger partial charge is 0.226 e. The molecular weight excluding hydrogens is 396 g/mol. The first-order chi connectivity index (χ1) is 13.9. The summed E-state index contributed by atoms with van der Waals surface area (Å²) in [4.78, 5) is 8.79. The molecule has 2 aromatic rings. The lowest BCUT2D eigenvalue weighted by molar-refractivity contribution is -0.162. The van der Waals surface area contributed by atoms with Crippen molar-refractivity contribution in [1.29, 1.82) is 0 Å². The normalized spacial score (nSPS) is 27.0. The molecule has 1 aromatic carbocycles. The SMILES string of the molecule is CCc1nc(NC2OC(CO)[C@@H](SO)C(O)C2O)nc(N)c1-c1ccc(C)cc1. The Hall–Kier alpha value is -1.95. The topological polar surface area (TPSA) is 154 Å². The summed E-state index contributed by atoms with van der Waals surface area (Å²) in [5, 5.41) is 32.0. The zero-order chi connectivity index (χ0) is 21.1. The number of hydrogen-bond donors (Lipinski definition) is 6. The van der Waals surface area contributed by atoms with Gasteiger partial charge in [-0.1, -0.05) is 36.8 Å². The molecule has 0 aliphatic carbocycles. The van der Waals surface area contributed by atoms with Crippen LogP contribution < -0.4 is 11.1 Å². The number of aliphatic hydroxyl groups excluding tert-OH is 3. The molecule has 158 valence electrons. The summed E-state index contributed by atoms with van der Waals surface area (Å²) in [5.74, 6) is 0.412. The number of anilines is 2. The van der Waals surface area contributed by atoms with Crippen LogP contribution in [-0.4, -0.2) is 66.2 Å². The van der Waals surface area contributed by atoms with E-state index >= 15 is 0 Å². The Morgan fingerprint density at radius 1 is 1.17 bits per heavy atom. The standard InChI is InChI=1S/C19H26N4O5S/c1-3-11-13(10-6-4-9(2)5-7-10)17(20)22-19(21-11)23-18-15(26)14(25)16(29-27)12(8-24)28-18/h4-7,12,14-16,18,24-27H,3,8H2,1-2H3,(H3,20,21,22,23)/t12?,14?,15?,16-,18?/m1/s1. The van der Waals surface area contributed by atoms with Crippen LogP contribution in [0.25, 0.3) is 11.1 Å². The molecule has 0 spiro atoms. The molecule has 1 aliphatic heterocycles. The van der Waals surface area contributed by atoms with Crippen molar-refractivity contribution in [3.63, 3.8) is 0 Å². The van der Waals surface area contributed by atoms with Gasteiger partial charge in [-0.3, -0.25) is 0 Å². The molecule has 1 aliphatic rings. The molecular formula is C19H26N4O5S. The van der Waals surface area contributed by atoms with Crippen LogP contribution in [0.15, 0.2) is 24.3 Å². The molecule has 1 aromatic heterocycles. The third-order valence-corrected chi connectivity index (χ3v) is 5.77. The van der Waals surface area contributed by atoms with Gasteiger partial charge >= 0.3 is 0 Å². The number of rotatable bonds is 6. The molecule has 3 rings (SSSR count). The minimum atomic E-state index is -1.37. The van der Waals surface area contributed by atoms with Crippen LogP contribution in [0, 0.1) is 6.92 Å². The average Bonchev–Trinajstić information content (AvgIpc) is 2.71. The van der Waals surface area contributed by atoms with Crippen molar-refractivity contribution in [2.75, 3.05) is 17.7 Å². The van der Waals surface area contributed by atoms with E-state index in [4.69, 9.17) is 10.5 Å². The van der Waals surface area contributed by atoms with Crippen LogP contribution in [-0.2, 0) is 11.2 Å². The highest BCUT2D eigenvalue weighted by atomic mass is 32.2. The van der Waals surface area contributed by atoms with E-state index in [1.54, 1.807) is 0 Å². The van der Waals surface area contributed by atoms with Crippen molar-refractivity contribution in [1.82, 2.24) is 9.97 Å². The highest BCUT2D eigenvalue weighted by Crippen LogP contribution is 2.31. The number of hydrogen-bond acceptors (Lipinski definition) is 10. The summed E-state index contributed by atoms with van der Waals surface area (Å²) >= 11 is 0.334. The van der Waals surface area contributed by atoms with E-state index in [2.05, 4.69) is 15.3 Å². The van der Waals surface area contributed by atoms with E-state index in [0.29, 0.717) is 18.5 Å². The molecule has 2 heterocycles. The Labute approximate surface area is 173 Å². The number of aliphatic hydroxyl groups is 3. The number of ether oxygens (including phenoxy) is 1. The second kappa shape index (κ2) is 9.24. The molecule has 5 atom stereocenters. The van der Waals surface area contributed by atoms with Gasteiger partial charge in [-0.05, 0) is 31.0 Å². The summed E-state index contributed by atoms with van der Waals surface area (Å²) in [5.41, 5.74) is 9.71. The number of benzene rings is 1. The van der Waals surface area contributed by atoms with E-state index in [1.165, 1.54) is 0 Å². The molecule has 1 fully saturated rings. The van der Waals surface area contributed by atoms with Crippen molar-refractivity contribution < 1.29 is 24.6 Å². The maximum atomic E-state index is 10.3. The van der Waals surface area contributed by atoms with Gasteiger partial charge in [0.15, 0.2) is 6.23 Å². The monoisotopic (exact) mass is 422 g/mol. The summed E-state index contributed by atoms with van der Waals surface area (Å²) in [7, 11) is 0. The predicted molar refractivity (Wildman–Crippen MR) is 111 cm³/mol. The first-order valence-electron chi connectivity index (χ1n) is 9.32. The lowest BCUT2D eigenvalue weighted by Crippen LogP contribution is -2.59. The largest absolute Gasteiger partial charge is 0.394 e. The van der Waals surface area contributed by atoms with Crippen LogP contribution in [0.3, 0.4) is 0 Å². The number of nitrogens with two attached hydrogens (primary N) is 1. The molecule has 0 radical (unpaired) electrons. The molecule has 9 nitrogen and oxygen atoms in total. The number of nitrogen functional groups attached to an aromatic ring is 1. The third-order valence-electron chi connectivity index (χ3n) is 4.94. The fourth-order valence-corrected chi connectivity index (χ4v) is 3.92. The quantitative estimate of drug-likeness (QED) is 0.372. The van der Waals surface area contributed by atoms with Gasteiger partial charge in [-0.2, -0.15) is 4.98 Å². The number of nitrogens with zero attached hydrogens (tertiary/aromatic N) is 2. The van der Waals surface area contributed by atoms with Crippen molar-refractivity contribution in [2.24, 2.45) is 0 Å². The zero-order valence-electron chi connectivity index (χ0n) is 16.2. The summed E-state index contributed by atoms with van der Waals surface area (Å²) in [6, 6.07) is 7.89. The Morgan fingerprint density at radius 3 is 2.45 bits per heavy atom. The van der Waals surface area contributed by atoms with Gasteiger partial charge in [0.1, 0.15) is 18.0 Å². The van der Waals surface area contributed by atoms with Crippen LogP contribution in [0.4, 0.5) is 11.8 Å². The molecule has 0 amide bonds. The predicted octanol–water partition coefficient (Wildman–Crippen LogP) is 1.02. The van der Waals surface area contributed by atoms with Gasteiger partial charge in [0, 0.05) is 5.56 Å². The highest BCUT2D eigenvalue weighted by molar-refractivity contribution is 7.94. The van der Waals surface area contributed by atoms with Crippen LogP contribution >= 0.6 is 12.0 Å². The summed E-state index contributed by atoms with van der Waals surface area (Å²) in [6.45, 7) is 3.51. The molecule has 1 saturated heterocycles. The zero-order valence-corrected chi connectivity index (χ0v) is 17.0. The van der Waals surface area contributed by atoms with Crippen molar-refractivity contribution in [3.05, 3.63) is 35.5 Å². The van der Waals surface area contributed by atoms with Gasteiger partial charge in [0.2, 0.25) is 5.95 Å². The Balaban J connectivity index is 1.88. The maximum absolute atomic E-state index is 10.3. The minimum absolute atomic E-state index is 0.137. The molecule has 29 heavy (non-hydrogen) atoms. The van der Waals surface area contributed by atoms with Crippen molar-refractivity contribution in [2.45, 2.75) is 50.1 Å². The lowest BCUT2D eigenvalue weighted by atomic mass is 10.0. The van der Waals surface area contributed by atoms with Gasteiger partial charge in [0.25, 0.3) is 0 Å². The summed E-state index contributed by atoms with van der Waals surface area (Å²) < 4.78 is 14.9. The molecule has 0 saturated carbocycles. The highest BCUT2D eigenvalue weighted by Gasteiger charge is 2.45. The van der Waals surface area contributed by atoms with Gasteiger partial charge in [0.05, 0.1) is 23.7 Å². The second-order valence-corrected chi connectivity index (χ2v) is 7.70. The fourth-order valence-electron chi connectivity index (χ4n) is 3.35. The van der Waals surface area contributed by atoms with E-state index in [-0.39, 0.29) is 11.8 Å². The van der Waals surface area contributed by atoms with E-state index in [9.17, 15) is 19.9 Å². The third kappa shape index (κ3) is 4.47. The molecule has 10 heteroatoms. The van der Waals surface area contributed by atoms with Gasteiger partial charge in [-0.15, -0.1) is 0 Å². The summed E-state index contributed by atoms with van der Waals surface area (Å²) in [6.07, 6.45) is -4.04. The van der Waals surface area contributed by atoms with Gasteiger partial charge < -0.3 is 35.7 Å². The maximum Gasteiger partial charge on any atom is 0.226 e. The minimum Gasteiger partial charge on any atom is -0.394 e. The van der Waals surface area contributed by atoms with E-state index in [1.807, 2.05) is 38.1 Å². The Bertz CT molecular complexity index is 836. The van der Waals surface area contributed by atoms with Crippen LogP contribution in [0.5, 0.6) is 0 Å². The van der Waals surface area contributed by atoms with Crippen LogP contribution in [0.1, 0.15) is 18.2 Å². The fraction of sp³-hybridized carbons (Fsp3) is 0.474. The molecule has 0 bridgehead atoms. The molecule has 7 N–H and O–H groups in total. The Kier molecular flexibility index (Phi) is 6.93. The van der Waals surface area contributed by atoms with E-state index < -0.39 is 36.4 Å². The van der Waals surface area contributed by atoms with E-state index in [0.717, 1.165) is 22.4 Å². The number of nitrogens with one attached hydrogen (secondary N) is 1. The van der Waals surface area contributed by atoms with Gasteiger partial charge in [-0.25, -0.2) is 4.98 Å². The average molecular weight is 423 g/mol. The number of aromatic nitrogens is 2. The molecule has 4 unspecified atom stereocenters. The number of aryl methyl sites for hydroxylation is 2. The Morgan fingerprint density at radius 2 is 1.86 bits per heavy atom. The first kappa shape index (κ1) is 21.8. The van der Waals surface area contributed by atoms with Crippen molar-refractivity contribution >= 4 is 23.8 Å². The lowest BCUT2D eigenvalue weighted by Gasteiger charge is -2.41.